The molecule has 3 heterocycles. The lowest BCUT2D eigenvalue weighted by Crippen LogP contribution is -2.15. The van der Waals surface area contributed by atoms with Crippen molar-refractivity contribution in [3.63, 3.8) is 0 Å². The second-order valence-electron chi connectivity index (χ2n) is 16.4. The molecular weight excluding hydrogens is 733 g/mol. The molecule has 5 nitrogen and oxygen atoms in total. The maximum absolute atomic E-state index is 6.65. The lowest BCUT2D eigenvalue weighted by Gasteiger charge is -2.21. The number of aromatic nitrogens is 4. The first-order chi connectivity index (χ1) is 29.5. The molecule has 11 aromatic rings. The van der Waals surface area contributed by atoms with Crippen molar-refractivity contribution in [1.29, 1.82) is 0 Å². The maximum Gasteiger partial charge on any atom is 0.165 e. The first-order valence-corrected chi connectivity index (χ1v) is 20.6. The molecule has 0 amide bonds. The minimum atomic E-state index is -0.154. The van der Waals surface area contributed by atoms with Gasteiger partial charge in [0.25, 0.3) is 0 Å². The predicted molar refractivity (Wildman–Crippen MR) is 245 cm³/mol. The third kappa shape index (κ3) is 5.29. The van der Waals surface area contributed by atoms with Crippen LogP contribution in [0.4, 0.5) is 0 Å². The summed E-state index contributed by atoms with van der Waals surface area (Å²) in [5, 5.41) is 4.41. The Labute approximate surface area is 347 Å². The SMILES string of the molecule is CC1(C)c2ccccc2-c2ccc(-c3nc(Cc4ccccc4)nc(-c4cccc5c6ccccc6n(-c6cccc7oc8cc(-c9ccccc9)ccc8c67)c45)n3)cc21. The van der Waals surface area contributed by atoms with Crippen molar-refractivity contribution in [2.75, 3.05) is 0 Å². The van der Waals surface area contributed by atoms with E-state index in [1.807, 2.05) is 12.1 Å². The average molecular weight is 771 g/mol. The van der Waals surface area contributed by atoms with E-state index < -0.39 is 0 Å². The molecule has 8 aromatic carbocycles. The highest BCUT2D eigenvalue weighted by molar-refractivity contribution is 6.17. The molecule has 5 heteroatoms. The number of benzene rings is 8. The molecule has 0 N–H and O–H groups in total. The maximum atomic E-state index is 6.65. The van der Waals surface area contributed by atoms with E-state index in [2.05, 4.69) is 188 Å². The zero-order chi connectivity index (χ0) is 40.0. The number of para-hydroxylation sites is 2. The number of furan rings is 1. The Morgan fingerprint density at radius 1 is 0.483 bits per heavy atom. The van der Waals surface area contributed by atoms with E-state index >= 15 is 0 Å². The molecule has 0 spiro atoms. The van der Waals surface area contributed by atoms with Crippen molar-refractivity contribution in [2.45, 2.75) is 25.7 Å². The second-order valence-corrected chi connectivity index (χ2v) is 16.4. The largest absolute Gasteiger partial charge is 0.456 e. The normalized spacial score (nSPS) is 13.0. The van der Waals surface area contributed by atoms with Crippen molar-refractivity contribution in [2.24, 2.45) is 0 Å². The summed E-state index contributed by atoms with van der Waals surface area (Å²) in [6.45, 7) is 4.62. The lowest BCUT2D eigenvalue weighted by atomic mass is 9.82. The fraction of sp³-hybridized carbons (Fsp3) is 0.0727. The van der Waals surface area contributed by atoms with Gasteiger partial charge in [0, 0.05) is 39.1 Å². The van der Waals surface area contributed by atoms with Crippen LogP contribution in [0.1, 0.15) is 36.4 Å². The molecule has 0 aliphatic heterocycles. The van der Waals surface area contributed by atoms with Crippen LogP contribution >= 0.6 is 0 Å². The molecule has 0 radical (unpaired) electrons. The van der Waals surface area contributed by atoms with E-state index in [1.165, 1.54) is 22.3 Å². The van der Waals surface area contributed by atoms with Gasteiger partial charge in [0.05, 0.1) is 22.1 Å². The number of hydrogen-bond acceptors (Lipinski definition) is 4. The first-order valence-electron chi connectivity index (χ1n) is 20.6. The van der Waals surface area contributed by atoms with E-state index in [4.69, 9.17) is 19.4 Å². The number of rotatable bonds is 6. The van der Waals surface area contributed by atoms with E-state index in [1.54, 1.807) is 0 Å². The lowest BCUT2D eigenvalue weighted by molar-refractivity contribution is 0.660. The zero-order valence-electron chi connectivity index (χ0n) is 33.2. The summed E-state index contributed by atoms with van der Waals surface area (Å²) in [5.41, 5.74) is 15.2. The summed E-state index contributed by atoms with van der Waals surface area (Å²) in [6, 6.07) is 64.4. The van der Waals surface area contributed by atoms with Crippen molar-refractivity contribution < 1.29 is 4.42 Å². The Balaban J connectivity index is 1.09. The van der Waals surface area contributed by atoms with Crippen molar-refractivity contribution in [3.8, 4) is 50.7 Å². The molecule has 0 atom stereocenters. The summed E-state index contributed by atoms with van der Waals surface area (Å²) in [4.78, 5) is 15.9. The highest BCUT2D eigenvalue weighted by Gasteiger charge is 2.35. The monoisotopic (exact) mass is 770 g/mol. The summed E-state index contributed by atoms with van der Waals surface area (Å²) >= 11 is 0. The zero-order valence-corrected chi connectivity index (χ0v) is 33.2. The first kappa shape index (κ1) is 34.4. The Morgan fingerprint density at radius 3 is 2.07 bits per heavy atom. The van der Waals surface area contributed by atoms with Gasteiger partial charge >= 0.3 is 0 Å². The highest BCUT2D eigenvalue weighted by atomic mass is 16.3. The van der Waals surface area contributed by atoms with E-state index in [0.717, 1.165) is 83.1 Å². The van der Waals surface area contributed by atoms with Gasteiger partial charge < -0.3 is 8.98 Å². The standard InChI is InChI=1S/C55H38N4O/c1-55(2)44-23-11-9-19-38(44)39-29-28-37(32-45(39)55)53-56-50(31-34-15-5-3-6-16-34)57-54(58-53)43-22-13-21-41-40-20-10-12-24-46(40)59(52(41)43)47-25-14-26-48-51(47)42-30-27-36(33-49(42)60-48)35-17-7-4-8-18-35/h3-30,32-33H,31H2,1-2H3. The molecule has 284 valence electrons. The van der Waals surface area contributed by atoms with Crippen molar-refractivity contribution in [1.82, 2.24) is 19.5 Å². The molecule has 0 unspecified atom stereocenters. The van der Waals surface area contributed by atoms with Crippen LogP contribution in [0.25, 0.3) is 94.5 Å². The minimum Gasteiger partial charge on any atom is -0.456 e. The Kier molecular flexibility index (Phi) is 7.57. The van der Waals surface area contributed by atoms with E-state index in [0.29, 0.717) is 18.1 Å². The Hall–Kier alpha value is -7.63. The second kappa shape index (κ2) is 13.2. The predicted octanol–water partition coefficient (Wildman–Crippen LogP) is 13.8. The van der Waals surface area contributed by atoms with Crippen molar-refractivity contribution in [3.05, 3.63) is 205 Å². The molecule has 1 aliphatic carbocycles. The highest BCUT2D eigenvalue weighted by Crippen LogP contribution is 2.49. The molecular formula is C55H38N4O. The summed E-state index contributed by atoms with van der Waals surface area (Å²) in [6.07, 6.45) is 0.579. The molecule has 60 heavy (non-hydrogen) atoms. The van der Waals surface area contributed by atoms with Gasteiger partial charge in [-0.05, 0) is 81.4 Å². The van der Waals surface area contributed by atoms with Gasteiger partial charge in [-0.15, -0.1) is 0 Å². The van der Waals surface area contributed by atoms with Crippen LogP contribution in [0.3, 0.4) is 0 Å². The summed E-state index contributed by atoms with van der Waals surface area (Å²) in [7, 11) is 0. The smallest absolute Gasteiger partial charge is 0.165 e. The van der Waals surface area contributed by atoms with E-state index in [-0.39, 0.29) is 5.41 Å². The number of hydrogen-bond donors (Lipinski definition) is 0. The quantitative estimate of drug-likeness (QED) is 0.169. The average Bonchev–Trinajstić information content (AvgIpc) is 3.92. The molecule has 0 bridgehead atoms. The van der Waals surface area contributed by atoms with Gasteiger partial charge in [0.15, 0.2) is 11.6 Å². The topological polar surface area (TPSA) is 56.7 Å². The van der Waals surface area contributed by atoms with Crippen LogP contribution in [-0.2, 0) is 11.8 Å². The van der Waals surface area contributed by atoms with Crippen LogP contribution < -0.4 is 0 Å². The van der Waals surface area contributed by atoms with Gasteiger partial charge in [-0.3, -0.25) is 0 Å². The molecule has 1 aliphatic rings. The van der Waals surface area contributed by atoms with Crippen LogP contribution in [0.2, 0.25) is 0 Å². The Bertz CT molecular complexity index is 3490. The van der Waals surface area contributed by atoms with Gasteiger partial charge in [-0.1, -0.05) is 153 Å². The van der Waals surface area contributed by atoms with Gasteiger partial charge in [0.1, 0.15) is 17.0 Å². The number of fused-ring (bicyclic) bond motifs is 9. The molecule has 0 saturated heterocycles. The van der Waals surface area contributed by atoms with Crippen molar-refractivity contribution >= 4 is 43.7 Å². The van der Waals surface area contributed by atoms with Crippen LogP contribution in [0, 0.1) is 0 Å². The number of nitrogens with zero attached hydrogens (tertiary/aromatic N) is 4. The summed E-state index contributed by atoms with van der Waals surface area (Å²) in [5.74, 6) is 2.03. The van der Waals surface area contributed by atoms with Crippen LogP contribution in [-0.4, -0.2) is 19.5 Å². The Morgan fingerprint density at radius 2 is 1.18 bits per heavy atom. The fourth-order valence-electron chi connectivity index (χ4n) is 9.62. The molecule has 0 saturated carbocycles. The summed E-state index contributed by atoms with van der Waals surface area (Å²) < 4.78 is 9.04. The van der Waals surface area contributed by atoms with Crippen LogP contribution in [0.15, 0.2) is 186 Å². The van der Waals surface area contributed by atoms with Gasteiger partial charge in [-0.25, -0.2) is 15.0 Å². The third-order valence-corrected chi connectivity index (χ3v) is 12.5. The van der Waals surface area contributed by atoms with Gasteiger partial charge in [-0.2, -0.15) is 0 Å². The van der Waals surface area contributed by atoms with E-state index in [9.17, 15) is 0 Å². The minimum absolute atomic E-state index is 0.154. The van der Waals surface area contributed by atoms with Crippen LogP contribution in [0.5, 0.6) is 0 Å². The molecule has 0 fully saturated rings. The molecule has 3 aromatic heterocycles. The van der Waals surface area contributed by atoms with Gasteiger partial charge in [0.2, 0.25) is 0 Å². The fourth-order valence-corrected chi connectivity index (χ4v) is 9.62. The third-order valence-electron chi connectivity index (χ3n) is 12.5. The molecule has 12 rings (SSSR count).